The van der Waals surface area contributed by atoms with E-state index in [2.05, 4.69) is 0 Å². The first-order valence-electron chi connectivity index (χ1n) is 4.99. The fourth-order valence-corrected chi connectivity index (χ4v) is 1.97. The van der Waals surface area contributed by atoms with Gasteiger partial charge in [0.25, 0.3) is 0 Å². The molecule has 1 amide bonds. The number of esters is 1. The molecule has 0 aromatic rings. The summed E-state index contributed by atoms with van der Waals surface area (Å²) in [7, 11) is 0. The molecule has 0 bridgehead atoms. The number of amides is 1. The molecule has 0 radical (unpaired) electrons. The Hall–Kier alpha value is -1.06. The molecule has 80 valence electrons. The van der Waals surface area contributed by atoms with Gasteiger partial charge in [-0.15, -0.1) is 0 Å². The van der Waals surface area contributed by atoms with Crippen LogP contribution in [0.3, 0.4) is 0 Å². The summed E-state index contributed by atoms with van der Waals surface area (Å²) in [6.45, 7) is 5.54. The number of nitrogens with zero attached hydrogens (tertiary/aromatic N) is 1. The van der Waals surface area contributed by atoms with Crippen LogP contribution < -0.4 is 0 Å². The van der Waals surface area contributed by atoms with E-state index in [0.29, 0.717) is 6.54 Å². The highest BCUT2D eigenvalue weighted by Crippen LogP contribution is 2.22. The summed E-state index contributed by atoms with van der Waals surface area (Å²) in [4.78, 5) is 23.8. The van der Waals surface area contributed by atoms with Crippen LogP contribution in [0.5, 0.6) is 0 Å². The lowest BCUT2D eigenvalue weighted by molar-refractivity contribution is -0.146. The number of carbonyl (C=O) groups is 2. The third kappa shape index (κ3) is 2.47. The van der Waals surface area contributed by atoms with Crippen LogP contribution in [0.2, 0.25) is 0 Å². The molecular formula is C10H17NO3. The van der Waals surface area contributed by atoms with E-state index < -0.39 is 0 Å². The van der Waals surface area contributed by atoms with Gasteiger partial charge in [0, 0.05) is 26.3 Å². The van der Waals surface area contributed by atoms with E-state index in [1.54, 1.807) is 11.8 Å². The molecule has 1 rings (SSSR count). The molecule has 14 heavy (non-hydrogen) atoms. The minimum absolute atomic E-state index is 0.0616. The standard InChI is InChI=1S/C10H17NO3/c1-4-9-5-10(14-8(3)13)6-11(9)7(2)12/h9-10H,4-6H2,1-3H3/t9?,10-/m1/s1. The van der Waals surface area contributed by atoms with Gasteiger partial charge in [-0.3, -0.25) is 9.59 Å². The molecule has 1 aliphatic heterocycles. The van der Waals surface area contributed by atoms with Crippen LogP contribution in [0.4, 0.5) is 0 Å². The van der Waals surface area contributed by atoms with E-state index in [1.165, 1.54) is 6.92 Å². The number of hydrogen-bond acceptors (Lipinski definition) is 3. The van der Waals surface area contributed by atoms with Crippen LogP contribution in [0.1, 0.15) is 33.6 Å². The SMILES string of the molecule is CCC1C[C@@H](OC(C)=O)CN1C(C)=O. The topological polar surface area (TPSA) is 46.6 Å². The van der Waals surface area contributed by atoms with E-state index >= 15 is 0 Å². The normalized spacial score (nSPS) is 26.4. The molecule has 2 atom stereocenters. The molecule has 0 aromatic carbocycles. The second-order valence-electron chi connectivity index (χ2n) is 3.70. The van der Waals surface area contributed by atoms with Gasteiger partial charge in [0.1, 0.15) is 6.10 Å². The number of carbonyl (C=O) groups excluding carboxylic acids is 2. The van der Waals surface area contributed by atoms with E-state index in [1.807, 2.05) is 6.92 Å². The summed E-state index contributed by atoms with van der Waals surface area (Å²) in [6, 6.07) is 0.233. The van der Waals surface area contributed by atoms with Gasteiger partial charge >= 0.3 is 5.97 Å². The third-order valence-corrected chi connectivity index (χ3v) is 2.58. The number of likely N-dealkylation sites (tertiary alicyclic amines) is 1. The van der Waals surface area contributed by atoms with Crippen molar-refractivity contribution in [2.45, 2.75) is 45.8 Å². The van der Waals surface area contributed by atoms with Gasteiger partial charge in [0.05, 0.1) is 6.54 Å². The minimum atomic E-state index is -0.268. The molecule has 1 saturated heterocycles. The number of hydrogen-bond donors (Lipinski definition) is 0. The summed E-state index contributed by atoms with van der Waals surface area (Å²) in [6.07, 6.45) is 1.58. The summed E-state index contributed by atoms with van der Waals surface area (Å²) in [5, 5.41) is 0. The van der Waals surface area contributed by atoms with Gasteiger partial charge < -0.3 is 9.64 Å². The minimum Gasteiger partial charge on any atom is -0.461 e. The van der Waals surface area contributed by atoms with Crippen molar-refractivity contribution in [2.75, 3.05) is 6.54 Å². The third-order valence-electron chi connectivity index (χ3n) is 2.58. The Morgan fingerprint density at radius 1 is 1.43 bits per heavy atom. The lowest BCUT2D eigenvalue weighted by Gasteiger charge is -2.20. The zero-order valence-electron chi connectivity index (χ0n) is 8.95. The van der Waals surface area contributed by atoms with Crippen molar-refractivity contribution in [2.24, 2.45) is 0 Å². The van der Waals surface area contributed by atoms with Gasteiger partial charge in [-0.05, 0) is 6.42 Å². The van der Waals surface area contributed by atoms with E-state index in [-0.39, 0.29) is 24.0 Å². The lowest BCUT2D eigenvalue weighted by Crippen LogP contribution is -2.33. The number of rotatable bonds is 2. The van der Waals surface area contributed by atoms with Crippen molar-refractivity contribution in [3.05, 3.63) is 0 Å². The average molecular weight is 199 g/mol. The Morgan fingerprint density at radius 3 is 2.43 bits per heavy atom. The molecular weight excluding hydrogens is 182 g/mol. The Labute approximate surface area is 84.2 Å². The first-order valence-corrected chi connectivity index (χ1v) is 4.99. The van der Waals surface area contributed by atoms with Crippen molar-refractivity contribution in [1.29, 1.82) is 0 Å². The van der Waals surface area contributed by atoms with Gasteiger partial charge in [-0.25, -0.2) is 0 Å². The molecule has 4 nitrogen and oxygen atoms in total. The lowest BCUT2D eigenvalue weighted by atomic mass is 10.1. The predicted molar refractivity (Wildman–Crippen MR) is 51.6 cm³/mol. The van der Waals surface area contributed by atoms with Crippen molar-refractivity contribution >= 4 is 11.9 Å². The van der Waals surface area contributed by atoms with E-state index in [9.17, 15) is 9.59 Å². The van der Waals surface area contributed by atoms with Crippen LogP contribution in [0.15, 0.2) is 0 Å². The quantitative estimate of drug-likeness (QED) is 0.622. The molecule has 0 spiro atoms. The van der Waals surface area contributed by atoms with Crippen molar-refractivity contribution in [1.82, 2.24) is 4.90 Å². The van der Waals surface area contributed by atoms with Crippen molar-refractivity contribution < 1.29 is 14.3 Å². The largest absolute Gasteiger partial charge is 0.461 e. The fraction of sp³-hybridized carbons (Fsp3) is 0.800. The monoisotopic (exact) mass is 199 g/mol. The second-order valence-corrected chi connectivity index (χ2v) is 3.70. The van der Waals surface area contributed by atoms with Crippen molar-refractivity contribution in [3.63, 3.8) is 0 Å². The highest BCUT2D eigenvalue weighted by atomic mass is 16.5. The van der Waals surface area contributed by atoms with Gasteiger partial charge in [0.15, 0.2) is 0 Å². The summed E-state index contributed by atoms with van der Waals surface area (Å²) >= 11 is 0. The van der Waals surface area contributed by atoms with Crippen LogP contribution in [-0.4, -0.2) is 35.5 Å². The zero-order chi connectivity index (χ0) is 10.7. The summed E-state index contributed by atoms with van der Waals surface area (Å²) in [5.74, 6) is -0.207. The Kier molecular flexibility index (Phi) is 3.49. The van der Waals surface area contributed by atoms with Crippen LogP contribution in [-0.2, 0) is 14.3 Å². The van der Waals surface area contributed by atoms with Crippen LogP contribution in [0.25, 0.3) is 0 Å². The predicted octanol–water partition coefficient (Wildman–Crippen LogP) is 0.949. The molecule has 1 fully saturated rings. The van der Waals surface area contributed by atoms with Gasteiger partial charge in [0.2, 0.25) is 5.91 Å². The molecule has 1 heterocycles. The molecule has 0 saturated carbocycles. The fourth-order valence-electron chi connectivity index (χ4n) is 1.97. The smallest absolute Gasteiger partial charge is 0.302 e. The average Bonchev–Trinajstić information content (AvgIpc) is 2.46. The Bertz CT molecular complexity index is 240. The van der Waals surface area contributed by atoms with Gasteiger partial charge in [-0.2, -0.15) is 0 Å². The Balaban J connectivity index is 2.56. The molecule has 0 aromatic heterocycles. The molecule has 1 unspecified atom stereocenters. The summed E-state index contributed by atoms with van der Waals surface area (Å²) in [5.41, 5.74) is 0. The first-order chi connectivity index (χ1) is 6.54. The molecule has 0 N–H and O–H groups in total. The maximum Gasteiger partial charge on any atom is 0.302 e. The molecule has 1 aliphatic rings. The maximum atomic E-state index is 11.2. The van der Waals surface area contributed by atoms with Crippen LogP contribution >= 0.6 is 0 Å². The highest BCUT2D eigenvalue weighted by Gasteiger charge is 2.33. The summed E-state index contributed by atoms with van der Waals surface area (Å²) < 4.78 is 5.09. The molecule has 4 heteroatoms. The van der Waals surface area contributed by atoms with Crippen molar-refractivity contribution in [3.8, 4) is 0 Å². The number of ether oxygens (including phenoxy) is 1. The van der Waals surface area contributed by atoms with E-state index in [4.69, 9.17) is 4.74 Å². The first kappa shape index (κ1) is 11.0. The van der Waals surface area contributed by atoms with Gasteiger partial charge in [-0.1, -0.05) is 6.92 Å². The highest BCUT2D eigenvalue weighted by molar-refractivity contribution is 5.74. The maximum absolute atomic E-state index is 11.2. The Morgan fingerprint density at radius 2 is 2.07 bits per heavy atom. The molecule has 0 aliphatic carbocycles. The second kappa shape index (κ2) is 4.44. The van der Waals surface area contributed by atoms with E-state index in [0.717, 1.165) is 12.8 Å². The van der Waals surface area contributed by atoms with Crippen LogP contribution in [0, 0.1) is 0 Å². The zero-order valence-corrected chi connectivity index (χ0v) is 8.95.